The van der Waals surface area contributed by atoms with Crippen LogP contribution in [0.25, 0.3) is 0 Å². The maximum atomic E-state index is 12.2. The lowest BCUT2D eigenvalue weighted by molar-refractivity contribution is 0.256. The molecule has 4 aromatic rings. The van der Waals surface area contributed by atoms with Crippen LogP contribution in [0.15, 0.2) is 97.1 Å². The Morgan fingerprint density at radius 1 is 0.714 bits per heavy atom. The third-order valence-corrected chi connectivity index (χ3v) is 5.53. The predicted molar refractivity (Wildman–Crippen MR) is 140 cm³/mol. The van der Waals surface area contributed by atoms with Crippen LogP contribution in [0.3, 0.4) is 0 Å². The predicted octanol–water partition coefficient (Wildman–Crippen LogP) is 7.65. The molecule has 0 spiro atoms. The van der Waals surface area contributed by atoms with Gasteiger partial charge in [-0.2, -0.15) is 0 Å². The Morgan fingerprint density at radius 2 is 1.29 bits per heavy atom. The van der Waals surface area contributed by atoms with Gasteiger partial charge in [-0.25, -0.2) is 9.59 Å². The highest BCUT2D eigenvalue weighted by atomic mass is 35.5. The van der Waals surface area contributed by atoms with Crippen molar-refractivity contribution in [2.45, 2.75) is 0 Å². The molecule has 0 heterocycles. The molecule has 7 nitrogen and oxygen atoms in total. The standard InChI is InChI=1S/C26H20Cl2N4O3/c27-21-5-1-3-7-23(21)31-26(34)30-17-9-13-19(14-10-17)35-20-15-11-18(12-16-20)32(25(29)33)24-8-4-2-6-22(24)28/h1-16H,(H2,29,33)(H2,30,31,34). The van der Waals surface area contributed by atoms with E-state index in [0.717, 1.165) is 0 Å². The lowest BCUT2D eigenvalue weighted by Gasteiger charge is -2.22. The Balaban J connectivity index is 1.40. The van der Waals surface area contributed by atoms with E-state index in [4.69, 9.17) is 33.7 Å². The Labute approximate surface area is 212 Å². The molecule has 0 aliphatic rings. The minimum absolute atomic E-state index is 0.404. The normalized spacial score (nSPS) is 10.3. The number of hydrogen-bond acceptors (Lipinski definition) is 3. The average molecular weight is 507 g/mol. The van der Waals surface area contributed by atoms with Crippen molar-refractivity contribution in [3.05, 3.63) is 107 Å². The number of amides is 4. The lowest BCUT2D eigenvalue weighted by Crippen LogP contribution is -2.31. The first-order chi connectivity index (χ1) is 16.9. The summed E-state index contributed by atoms with van der Waals surface area (Å²) < 4.78 is 5.87. The van der Waals surface area contributed by atoms with Gasteiger partial charge >= 0.3 is 12.1 Å². The number of nitrogens with two attached hydrogens (primary N) is 1. The van der Waals surface area contributed by atoms with Gasteiger partial charge in [0.2, 0.25) is 0 Å². The van der Waals surface area contributed by atoms with Crippen molar-refractivity contribution in [3.63, 3.8) is 0 Å². The van der Waals surface area contributed by atoms with Gasteiger partial charge in [-0.05, 0) is 72.8 Å². The van der Waals surface area contributed by atoms with Crippen molar-refractivity contribution in [1.82, 2.24) is 0 Å². The first-order valence-corrected chi connectivity index (χ1v) is 11.2. The van der Waals surface area contributed by atoms with E-state index in [0.29, 0.717) is 44.3 Å². The number of benzene rings is 4. The third kappa shape index (κ3) is 6.03. The second-order valence-electron chi connectivity index (χ2n) is 7.30. The quantitative estimate of drug-likeness (QED) is 0.250. The fourth-order valence-corrected chi connectivity index (χ4v) is 3.67. The highest BCUT2D eigenvalue weighted by molar-refractivity contribution is 6.34. The monoisotopic (exact) mass is 506 g/mol. The lowest BCUT2D eigenvalue weighted by atomic mass is 10.2. The van der Waals surface area contributed by atoms with Crippen LogP contribution >= 0.6 is 23.2 Å². The minimum atomic E-state index is -0.659. The molecule has 0 saturated heterocycles. The average Bonchev–Trinajstić information content (AvgIpc) is 2.84. The number of carbonyl (C=O) groups excluding carboxylic acids is 2. The molecular weight excluding hydrogens is 487 g/mol. The van der Waals surface area contributed by atoms with Crippen LogP contribution in [0.5, 0.6) is 11.5 Å². The highest BCUT2D eigenvalue weighted by Crippen LogP contribution is 2.33. The number of urea groups is 2. The van der Waals surface area contributed by atoms with E-state index in [-0.39, 0.29) is 0 Å². The van der Waals surface area contributed by atoms with Gasteiger partial charge in [0.05, 0.1) is 27.1 Å². The van der Waals surface area contributed by atoms with Crippen LogP contribution < -0.4 is 26.0 Å². The molecule has 4 N–H and O–H groups in total. The molecule has 0 saturated carbocycles. The van der Waals surface area contributed by atoms with E-state index in [1.807, 2.05) is 0 Å². The van der Waals surface area contributed by atoms with Crippen molar-refractivity contribution in [1.29, 1.82) is 0 Å². The molecule has 4 aromatic carbocycles. The molecule has 9 heteroatoms. The molecule has 0 radical (unpaired) electrons. The summed E-state index contributed by atoms with van der Waals surface area (Å²) in [7, 11) is 0. The molecule has 0 fully saturated rings. The van der Waals surface area contributed by atoms with Crippen molar-refractivity contribution >= 4 is 58.0 Å². The molecule has 35 heavy (non-hydrogen) atoms. The summed E-state index contributed by atoms with van der Waals surface area (Å²) >= 11 is 12.3. The fourth-order valence-electron chi connectivity index (χ4n) is 3.27. The van der Waals surface area contributed by atoms with E-state index < -0.39 is 12.1 Å². The molecule has 0 bridgehead atoms. The van der Waals surface area contributed by atoms with E-state index >= 15 is 0 Å². The maximum absolute atomic E-state index is 12.2. The smallest absolute Gasteiger partial charge is 0.323 e. The second-order valence-corrected chi connectivity index (χ2v) is 8.12. The van der Waals surface area contributed by atoms with Crippen molar-refractivity contribution in [3.8, 4) is 11.5 Å². The van der Waals surface area contributed by atoms with Crippen molar-refractivity contribution in [2.75, 3.05) is 15.5 Å². The second kappa shape index (κ2) is 10.8. The molecular formula is C26H20Cl2N4O3. The number of primary amides is 1. The number of halogens is 2. The van der Waals surface area contributed by atoms with Gasteiger partial charge in [0, 0.05) is 5.69 Å². The summed E-state index contributed by atoms with van der Waals surface area (Å²) in [5.74, 6) is 1.11. The Hall–Kier alpha value is -4.20. The number of rotatable bonds is 6. The summed E-state index contributed by atoms with van der Waals surface area (Å²) in [4.78, 5) is 25.6. The van der Waals surface area contributed by atoms with Crippen molar-refractivity contribution in [2.24, 2.45) is 5.73 Å². The zero-order valence-electron chi connectivity index (χ0n) is 18.2. The van der Waals surface area contributed by atoms with Gasteiger partial charge in [-0.1, -0.05) is 47.5 Å². The van der Waals surface area contributed by atoms with Crippen LogP contribution in [0.4, 0.5) is 32.3 Å². The van der Waals surface area contributed by atoms with E-state index in [2.05, 4.69) is 10.6 Å². The highest BCUT2D eigenvalue weighted by Gasteiger charge is 2.17. The van der Waals surface area contributed by atoms with Gasteiger partial charge in [-0.15, -0.1) is 0 Å². The molecule has 0 atom stereocenters. The van der Waals surface area contributed by atoms with Gasteiger partial charge in [0.25, 0.3) is 0 Å². The molecule has 176 valence electrons. The Kier molecular flexibility index (Phi) is 7.40. The van der Waals surface area contributed by atoms with Crippen LogP contribution in [0, 0.1) is 0 Å². The van der Waals surface area contributed by atoms with E-state index in [1.54, 1.807) is 97.1 Å². The number of anilines is 4. The first kappa shape index (κ1) is 23.9. The molecule has 0 aliphatic carbocycles. The minimum Gasteiger partial charge on any atom is -0.457 e. The van der Waals surface area contributed by atoms with Gasteiger partial charge < -0.3 is 21.1 Å². The molecule has 0 unspecified atom stereocenters. The number of nitrogens with zero attached hydrogens (tertiary/aromatic N) is 1. The fraction of sp³-hybridized carbons (Fsp3) is 0. The summed E-state index contributed by atoms with van der Waals surface area (Å²) in [5.41, 5.74) is 7.70. The Morgan fingerprint density at radius 3 is 1.89 bits per heavy atom. The number of carbonyl (C=O) groups is 2. The zero-order valence-corrected chi connectivity index (χ0v) is 19.8. The molecule has 0 aliphatic heterocycles. The summed E-state index contributed by atoms with van der Waals surface area (Å²) in [5, 5.41) is 6.28. The summed E-state index contributed by atoms with van der Waals surface area (Å²) in [6.07, 6.45) is 0. The topological polar surface area (TPSA) is 96.7 Å². The van der Waals surface area contributed by atoms with Crippen LogP contribution in [-0.2, 0) is 0 Å². The summed E-state index contributed by atoms with van der Waals surface area (Å²) in [6.45, 7) is 0. The van der Waals surface area contributed by atoms with Gasteiger partial charge in [0.15, 0.2) is 0 Å². The molecule has 4 amide bonds. The first-order valence-electron chi connectivity index (χ1n) is 10.5. The molecule has 0 aromatic heterocycles. The van der Waals surface area contributed by atoms with E-state index in [1.165, 1.54) is 4.90 Å². The Bertz CT molecular complexity index is 1350. The SMILES string of the molecule is NC(=O)N(c1ccc(Oc2ccc(NC(=O)Nc3ccccc3Cl)cc2)cc1)c1ccccc1Cl. The molecule has 4 rings (SSSR count). The van der Waals surface area contributed by atoms with Crippen LogP contribution in [-0.4, -0.2) is 12.1 Å². The van der Waals surface area contributed by atoms with E-state index in [9.17, 15) is 9.59 Å². The van der Waals surface area contributed by atoms with Crippen LogP contribution in [0.2, 0.25) is 10.0 Å². The van der Waals surface area contributed by atoms with Crippen LogP contribution in [0.1, 0.15) is 0 Å². The van der Waals surface area contributed by atoms with Gasteiger partial charge in [0.1, 0.15) is 11.5 Å². The number of hydrogen-bond donors (Lipinski definition) is 3. The zero-order chi connectivity index (χ0) is 24.8. The van der Waals surface area contributed by atoms with Crippen molar-refractivity contribution < 1.29 is 14.3 Å². The number of ether oxygens (including phenoxy) is 1. The maximum Gasteiger partial charge on any atom is 0.323 e. The summed E-state index contributed by atoms with van der Waals surface area (Å²) in [6, 6.07) is 26.5. The third-order valence-electron chi connectivity index (χ3n) is 4.88. The largest absolute Gasteiger partial charge is 0.457 e. The number of nitrogens with one attached hydrogen (secondary N) is 2. The number of para-hydroxylation sites is 2. The van der Waals surface area contributed by atoms with Gasteiger partial charge in [-0.3, -0.25) is 4.90 Å².